The van der Waals surface area contributed by atoms with Crippen molar-refractivity contribution in [2.24, 2.45) is 0 Å². The van der Waals surface area contributed by atoms with Crippen molar-refractivity contribution in [3.63, 3.8) is 0 Å². The number of hydrogen-bond acceptors (Lipinski definition) is 8. The first-order valence-electron chi connectivity index (χ1n) is 8.36. The van der Waals surface area contributed by atoms with Crippen LogP contribution in [0.15, 0.2) is 24.3 Å². The van der Waals surface area contributed by atoms with E-state index in [1.165, 1.54) is 0 Å². The number of nitrogens with one attached hydrogen (secondary N) is 2. The van der Waals surface area contributed by atoms with Gasteiger partial charge in [0.15, 0.2) is 0 Å². The molecule has 0 bridgehead atoms. The maximum atomic E-state index is 11.4. The van der Waals surface area contributed by atoms with Crippen LogP contribution in [-0.4, -0.2) is 41.3 Å². The van der Waals surface area contributed by atoms with Crippen LogP contribution in [0.3, 0.4) is 0 Å². The van der Waals surface area contributed by atoms with Gasteiger partial charge in [0.2, 0.25) is 11.8 Å². The molecule has 1 fully saturated rings. The van der Waals surface area contributed by atoms with Gasteiger partial charge in [-0.05, 0) is 44.0 Å². The summed E-state index contributed by atoms with van der Waals surface area (Å²) in [5.41, 5.74) is 0.802. The molecule has 1 atom stereocenters. The highest BCUT2D eigenvalue weighted by Gasteiger charge is 2.23. The first kappa shape index (κ1) is 17.9. The van der Waals surface area contributed by atoms with Gasteiger partial charge >= 0.3 is 5.69 Å². The van der Waals surface area contributed by atoms with E-state index in [0.717, 1.165) is 19.4 Å². The summed E-state index contributed by atoms with van der Waals surface area (Å²) in [7, 11) is 1.58. The highest BCUT2D eigenvalue weighted by molar-refractivity contribution is 5.68. The molecule has 9 heteroatoms. The summed E-state index contributed by atoms with van der Waals surface area (Å²) in [6.45, 7) is 2.92. The van der Waals surface area contributed by atoms with Gasteiger partial charge in [-0.3, -0.25) is 10.1 Å². The maximum Gasteiger partial charge on any atom is 0.332 e. The molecule has 1 saturated heterocycles. The fourth-order valence-corrected chi connectivity index (χ4v) is 2.77. The minimum absolute atomic E-state index is 0.118. The first-order chi connectivity index (χ1) is 12.6. The predicted octanol–water partition coefficient (Wildman–Crippen LogP) is 3.04. The number of nitrogens with zero attached hydrogens (tertiary/aromatic N) is 3. The molecule has 1 aliphatic rings. The van der Waals surface area contributed by atoms with Crippen LogP contribution in [0, 0.1) is 17.0 Å². The van der Waals surface area contributed by atoms with Crippen molar-refractivity contribution in [2.75, 3.05) is 30.9 Å². The Kier molecular flexibility index (Phi) is 5.47. The number of aromatic nitrogens is 2. The van der Waals surface area contributed by atoms with E-state index in [-0.39, 0.29) is 23.3 Å². The number of benzene rings is 1. The van der Waals surface area contributed by atoms with Crippen molar-refractivity contribution in [3.05, 3.63) is 40.1 Å². The molecule has 2 N–H and O–H groups in total. The second-order valence-corrected chi connectivity index (χ2v) is 5.96. The zero-order chi connectivity index (χ0) is 18.5. The van der Waals surface area contributed by atoms with E-state index in [4.69, 9.17) is 9.47 Å². The van der Waals surface area contributed by atoms with Gasteiger partial charge in [-0.15, -0.1) is 0 Å². The fraction of sp³-hybridized carbons (Fsp3) is 0.412. The zero-order valence-corrected chi connectivity index (χ0v) is 14.7. The molecule has 0 radical (unpaired) electrons. The molecule has 0 spiro atoms. The topological polar surface area (TPSA) is 111 Å². The van der Waals surface area contributed by atoms with Crippen molar-refractivity contribution in [1.29, 1.82) is 0 Å². The Hall–Kier alpha value is -2.94. The van der Waals surface area contributed by atoms with Crippen LogP contribution in [0.5, 0.6) is 5.75 Å². The average Bonchev–Trinajstić information content (AvgIpc) is 3.13. The molecule has 1 aromatic heterocycles. The van der Waals surface area contributed by atoms with E-state index in [0.29, 0.717) is 23.9 Å². The third-order valence-electron chi connectivity index (χ3n) is 4.11. The molecule has 2 heterocycles. The van der Waals surface area contributed by atoms with E-state index in [9.17, 15) is 10.1 Å². The van der Waals surface area contributed by atoms with Crippen LogP contribution in [-0.2, 0) is 4.74 Å². The minimum Gasteiger partial charge on any atom is -0.497 e. The average molecular weight is 359 g/mol. The summed E-state index contributed by atoms with van der Waals surface area (Å²) in [5.74, 6) is 1.17. The Bertz CT molecular complexity index is 775. The van der Waals surface area contributed by atoms with Crippen LogP contribution < -0.4 is 15.4 Å². The largest absolute Gasteiger partial charge is 0.497 e. The Morgan fingerprint density at radius 2 is 2.12 bits per heavy atom. The Morgan fingerprint density at radius 1 is 1.35 bits per heavy atom. The summed E-state index contributed by atoms with van der Waals surface area (Å²) < 4.78 is 10.7. The maximum absolute atomic E-state index is 11.4. The Labute approximate surface area is 150 Å². The van der Waals surface area contributed by atoms with Gasteiger partial charge in [0.05, 0.1) is 18.1 Å². The number of rotatable bonds is 7. The van der Waals surface area contributed by atoms with Gasteiger partial charge in [-0.2, -0.15) is 4.98 Å². The predicted molar refractivity (Wildman–Crippen MR) is 97.2 cm³/mol. The van der Waals surface area contributed by atoms with E-state index in [2.05, 4.69) is 20.6 Å². The standard InChI is InChI=1S/C17H21N5O4/c1-11-15(22(23)24)16(20-12-5-7-13(25-2)8-6-12)21-17(19-11)18-10-14-4-3-9-26-14/h5-8,14H,3-4,9-10H2,1-2H3,(H2,18,19,20,21)/t14-/m1/s1. The zero-order valence-electron chi connectivity index (χ0n) is 14.7. The summed E-state index contributed by atoms with van der Waals surface area (Å²) in [5, 5.41) is 17.5. The number of methoxy groups -OCH3 is 1. The van der Waals surface area contributed by atoms with Gasteiger partial charge in [0.1, 0.15) is 11.4 Å². The molecule has 0 aliphatic carbocycles. The fourth-order valence-electron chi connectivity index (χ4n) is 2.77. The first-order valence-corrected chi connectivity index (χ1v) is 8.36. The lowest BCUT2D eigenvalue weighted by Gasteiger charge is -2.13. The molecule has 1 aromatic carbocycles. The van der Waals surface area contributed by atoms with E-state index in [1.807, 2.05) is 0 Å². The molecule has 2 aromatic rings. The summed E-state index contributed by atoms with van der Waals surface area (Å²) in [6, 6.07) is 7.05. The van der Waals surface area contributed by atoms with Gasteiger partial charge < -0.3 is 20.1 Å². The van der Waals surface area contributed by atoms with Crippen molar-refractivity contribution < 1.29 is 14.4 Å². The second-order valence-electron chi connectivity index (χ2n) is 5.96. The third-order valence-corrected chi connectivity index (χ3v) is 4.11. The lowest BCUT2D eigenvalue weighted by Crippen LogP contribution is -2.20. The van der Waals surface area contributed by atoms with E-state index < -0.39 is 4.92 Å². The summed E-state index contributed by atoms with van der Waals surface area (Å²) in [6.07, 6.45) is 2.14. The Morgan fingerprint density at radius 3 is 2.73 bits per heavy atom. The SMILES string of the molecule is COc1ccc(Nc2nc(NC[C@H]3CCCO3)nc(C)c2[N+](=O)[O-])cc1. The van der Waals surface area contributed by atoms with Crippen molar-refractivity contribution >= 4 is 23.1 Å². The molecule has 0 saturated carbocycles. The van der Waals surface area contributed by atoms with Crippen LogP contribution in [0.4, 0.5) is 23.1 Å². The summed E-state index contributed by atoms with van der Waals surface area (Å²) >= 11 is 0. The molecule has 26 heavy (non-hydrogen) atoms. The third kappa shape index (κ3) is 4.17. The van der Waals surface area contributed by atoms with Gasteiger partial charge in [-0.1, -0.05) is 0 Å². The second kappa shape index (κ2) is 7.96. The van der Waals surface area contributed by atoms with Crippen LogP contribution in [0.2, 0.25) is 0 Å². The van der Waals surface area contributed by atoms with Gasteiger partial charge in [0.25, 0.3) is 0 Å². The van der Waals surface area contributed by atoms with Crippen LogP contribution in [0.1, 0.15) is 18.5 Å². The highest BCUT2D eigenvalue weighted by Crippen LogP contribution is 2.30. The molecular formula is C17H21N5O4. The van der Waals surface area contributed by atoms with E-state index in [1.54, 1.807) is 38.3 Å². The minimum atomic E-state index is -0.481. The highest BCUT2D eigenvalue weighted by atomic mass is 16.6. The van der Waals surface area contributed by atoms with Gasteiger partial charge in [-0.25, -0.2) is 4.98 Å². The monoisotopic (exact) mass is 359 g/mol. The Balaban J connectivity index is 1.83. The van der Waals surface area contributed by atoms with Crippen molar-refractivity contribution in [1.82, 2.24) is 9.97 Å². The molecule has 3 rings (SSSR count). The normalized spacial score (nSPS) is 16.3. The van der Waals surface area contributed by atoms with Crippen LogP contribution >= 0.6 is 0 Å². The molecule has 9 nitrogen and oxygen atoms in total. The van der Waals surface area contributed by atoms with Crippen LogP contribution in [0.25, 0.3) is 0 Å². The number of ether oxygens (including phenoxy) is 2. The van der Waals surface area contributed by atoms with E-state index >= 15 is 0 Å². The quantitative estimate of drug-likeness (QED) is 0.573. The number of hydrogen-bond donors (Lipinski definition) is 2. The van der Waals surface area contributed by atoms with Crippen molar-refractivity contribution in [3.8, 4) is 5.75 Å². The lowest BCUT2D eigenvalue weighted by molar-refractivity contribution is -0.385. The number of aryl methyl sites for hydroxylation is 1. The molecule has 0 amide bonds. The van der Waals surface area contributed by atoms with Crippen molar-refractivity contribution in [2.45, 2.75) is 25.9 Å². The number of nitro groups is 1. The molecule has 0 unspecified atom stereocenters. The molecular weight excluding hydrogens is 338 g/mol. The lowest BCUT2D eigenvalue weighted by atomic mass is 10.2. The van der Waals surface area contributed by atoms with Gasteiger partial charge in [0, 0.05) is 18.8 Å². The number of anilines is 3. The molecule has 1 aliphatic heterocycles. The smallest absolute Gasteiger partial charge is 0.332 e. The molecule has 138 valence electrons. The summed E-state index contributed by atoms with van der Waals surface area (Å²) in [4.78, 5) is 19.5.